The highest BCUT2D eigenvalue weighted by molar-refractivity contribution is 7.09. The van der Waals surface area contributed by atoms with Crippen LogP contribution < -0.4 is 4.90 Å². The van der Waals surface area contributed by atoms with Gasteiger partial charge in [-0.3, -0.25) is 4.40 Å². The van der Waals surface area contributed by atoms with E-state index in [4.69, 9.17) is 4.98 Å². The third-order valence-corrected chi connectivity index (χ3v) is 7.36. The molecule has 0 bridgehead atoms. The van der Waals surface area contributed by atoms with Gasteiger partial charge in [-0.15, -0.1) is 11.3 Å². The second kappa shape index (κ2) is 7.77. The Morgan fingerprint density at radius 2 is 2.00 bits per heavy atom. The molecule has 3 aromatic heterocycles. The average Bonchev–Trinajstić information content (AvgIpc) is 3.52. The largest absolute Gasteiger partial charge is 0.349 e. The molecule has 0 saturated heterocycles. The van der Waals surface area contributed by atoms with Gasteiger partial charge >= 0.3 is 0 Å². The summed E-state index contributed by atoms with van der Waals surface area (Å²) in [7, 11) is 0. The number of fused-ring (bicyclic) bond motifs is 3. The molecule has 0 spiro atoms. The minimum atomic E-state index is 0.522. The lowest BCUT2D eigenvalue weighted by atomic mass is 10.0. The zero-order valence-electron chi connectivity index (χ0n) is 17.6. The molecule has 1 aromatic carbocycles. The van der Waals surface area contributed by atoms with Gasteiger partial charge in [0.05, 0.1) is 23.1 Å². The number of aromatic nitrogens is 2. The number of hydrogen-bond donors (Lipinski definition) is 0. The Kier molecular flexibility index (Phi) is 4.96. The molecule has 0 N–H and O–H groups in total. The molecular weight excluding hydrogens is 388 g/mol. The third kappa shape index (κ3) is 2.98. The minimum absolute atomic E-state index is 0.522. The Balaban J connectivity index is 1.86. The van der Waals surface area contributed by atoms with Crippen molar-refractivity contribution < 1.29 is 0 Å². The number of pyridine rings is 1. The lowest BCUT2D eigenvalue weighted by Gasteiger charge is -2.34. The maximum atomic E-state index is 9.99. The van der Waals surface area contributed by atoms with E-state index in [0.717, 1.165) is 35.2 Å². The Morgan fingerprint density at radius 1 is 1.20 bits per heavy atom. The van der Waals surface area contributed by atoms with E-state index in [1.807, 2.05) is 23.5 Å². The highest BCUT2D eigenvalue weighted by Crippen LogP contribution is 2.38. The second-order valence-corrected chi connectivity index (χ2v) is 9.20. The van der Waals surface area contributed by atoms with Gasteiger partial charge in [-0.05, 0) is 60.9 Å². The molecule has 5 rings (SSSR count). The standard InChI is InChI=1S/C25H26N4S/c1-3-20-17(2)21(15-26)24-27-22-12-6-7-13-23(22)29(24)25(20)28(18-9-4-5-10-18)16-19-11-8-14-30-19/h6-8,11-14,18H,3-5,9-10,16H2,1-2H3. The number of benzene rings is 1. The minimum Gasteiger partial charge on any atom is -0.349 e. The molecule has 1 fully saturated rings. The van der Waals surface area contributed by atoms with E-state index in [1.54, 1.807) is 0 Å². The zero-order valence-corrected chi connectivity index (χ0v) is 18.4. The summed E-state index contributed by atoms with van der Waals surface area (Å²) in [5.74, 6) is 1.23. The molecule has 1 aliphatic carbocycles. The van der Waals surface area contributed by atoms with Crippen molar-refractivity contribution in [1.82, 2.24) is 9.38 Å². The van der Waals surface area contributed by atoms with Crippen LogP contribution in [-0.2, 0) is 13.0 Å². The van der Waals surface area contributed by atoms with E-state index < -0.39 is 0 Å². The van der Waals surface area contributed by atoms with Crippen LogP contribution in [0.4, 0.5) is 5.82 Å². The summed E-state index contributed by atoms with van der Waals surface area (Å²) in [5, 5.41) is 12.2. The fraction of sp³-hybridized carbons (Fsp3) is 0.360. The summed E-state index contributed by atoms with van der Waals surface area (Å²) in [6.45, 7) is 5.20. The van der Waals surface area contributed by atoms with Crippen molar-refractivity contribution in [3.8, 4) is 6.07 Å². The van der Waals surface area contributed by atoms with Crippen LogP contribution in [0.25, 0.3) is 16.7 Å². The average molecular weight is 415 g/mol. The smallest absolute Gasteiger partial charge is 0.157 e. The van der Waals surface area contributed by atoms with Gasteiger partial charge in [-0.1, -0.05) is 38.0 Å². The first-order valence-corrected chi connectivity index (χ1v) is 11.7. The highest BCUT2D eigenvalue weighted by atomic mass is 32.1. The van der Waals surface area contributed by atoms with Gasteiger partial charge in [-0.2, -0.15) is 5.26 Å². The zero-order chi connectivity index (χ0) is 20.7. The fourth-order valence-electron chi connectivity index (χ4n) is 5.05. The van der Waals surface area contributed by atoms with Crippen molar-refractivity contribution in [2.75, 3.05) is 4.90 Å². The molecule has 0 amide bonds. The molecule has 4 aromatic rings. The van der Waals surface area contributed by atoms with Gasteiger partial charge in [0.2, 0.25) is 0 Å². The molecule has 30 heavy (non-hydrogen) atoms. The molecular formula is C25H26N4S. The van der Waals surface area contributed by atoms with Crippen molar-refractivity contribution >= 4 is 33.8 Å². The van der Waals surface area contributed by atoms with Crippen LogP contribution in [0, 0.1) is 18.3 Å². The molecule has 1 saturated carbocycles. The Bertz CT molecular complexity index is 1240. The summed E-state index contributed by atoms with van der Waals surface area (Å²) in [4.78, 5) is 8.90. The van der Waals surface area contributed by atoms with Crippen LogP contribution in [0.1, 0.15) is 54.2 Å². The topological polar surface area (TPSA) is 44.3 Å². The van der Waals surface area contributed by atoms with E-state index >= 15 is 0 Å². The fourth-order valence-corrected chi connectivity index (χ4v) is 5.75. The maximum Gasteiger partial charge on any atom is 0.157 e. The van der Waals surface area contributed by atoms with Crippen LogP contribution in [0.3, 0.4) is 0 Å². The predicted octanol–water partition coefficient (Wildman–Crippen LogP) is 6.24. The molecule has 5 heteroatoms. The highest BCUT2D eigenvalue weighted by Gasteiger charge is 2.29. The quantitative estimate of drug-likeness (QED) is 0.388. The van der Waals surface area contributed by atoms with Gasteiger partial charge in [0.25, 0.3) is 0 Å². The number of hydrogen-bond acceptors (Lipinski definition) is 4. The van der Waals surface area contributed by atoms with E-state index in [9.17, 15) is 5.26 Å². The Morgan fingerprint density at radius 3 is 2.70 bits per heavy atom. The third-order valence-electron chi connectivity index (χ3n) is 6.50. The van der Waals surface area contributed by atoms with Crippen molar-refractivity contribution in [1.29, 1.82) is 5.26 Å². The van der Waals surface area contributed by atoms with Crippen LogP contribution in [0.5, 0.6) is 0 Å². The molecule has 0 atom stereocenters. The molecule has 0 aliphatic heterocycles. The first kappa shape index (κ1) is 19.1. The van der Waals surface area contributed by atoms with Crippen LogP contribution >= 0.6 is 11.3 Å². The van der Waals surface area contributed by atoms with Crippen LogP contribution in [0.2, 0.25) is 0 Å². The van der Waals surface area contributed by atoms with Gasteiger partial charge in [0.15, 0.2) is 5.65 Å². The Labute approximate surface area is 181 Å². The summed E-state index contributed by atoms with van der Waals surface area (Å²) in [6, 6.07) is 15.6. The maximum absolute atomic E-state index is 9.99. The SMILES string of the molecule is CCc1c(C)c(C#N)c2nc3ccccc3n2c1N(Cc1cccs1)C1CCCC1. The summed E-state index contributed by atoms with van der Waals surface area (Å²) >= 11 is 1.82. The first-order valence-electron chi connectivity index (χ1n) is 10.8. The van der Waals surface area contributed by atoms with Gasteiger partial charge in [-0.25, -0.2) is 4.98 Å². The number of nitriles is 1. The number of para-hydroxylation sites is 2. The van der Waals surface area contributed by atoms with Crippen LogP contribution in [0.15, 0.2) is 41.8 Å². The van der Waals surface area contributed by atoms with E-state index in [2.05, 4.69) is 58.9 Å². The summed E-state index contributed by atoms with van der Waals surface area (Å²) < 4.78 is 2.27. The monoisotopic (exact) mass is 414 g/mol. The molecule has 0 radical (unpaired) electrons. The van der Waals surface area contributed by atoms with E-state index in [-0.39, 0.29) is 0 Å². The van der Waals surface area contributed by atoms with Gasteiger partial charge in [0, 0.05) is 10.9 Å². The molecule has 0 unspecified atom stereocenters. The van der Waals surface area contributed by atoms with Gasteiger partial charge < -0.3 is 4.90 Å². The predicted molar refractivity (Wildman–Crippen MR) is 124 cm³/mol. The molecule has 1 aliphatic rings. The van der Waals surface area contributed by atoms with Crippen molar-refractivity contribution in [2.24, 2.45) is 0 Å². The number of imidazole rings is 1. The second-order valence-electron chi connectivity index (χ2n) is 8.17. The normalized spacial score (nSPS) is 14.6. The molecule has 3 heterocycles. The van der Waals surface area contributed by atoms with Crippen molar-refractivity contribution in [2.45, 2.75) is 58.5 Å². The lowest BCUT2D eigenvalue weighted by Crippen LogP contribution is -2.35. The van der Waals surface area contributed by atoms with Crippen molar-refractivity contribution in [3.63, 3.8) is 0 Å². The van der Waals surface area contributed by atoms with E-state index in [1.165, 1.54) is 41.9 Å². The van der Waals surface area contributed by atoms with E-state index in [0.29, 0.717) is 11.6 Å². The van der Waals surface area contributed by atoms with Crippen molar-refractivity contribution in [3.05, 3.63) is 63.3 Å². The number of rotatable bonds is 5. The number of thiophene rings is 1. The Hall–Kier alpha value is -2.84. The molecule has 152 valence electrons. The lowest BCUT2D eigenvalue weighted by molar-refractivity contribution is 0.595. The number of nitrogens with zero attached hydrogens (tertiary/aromatic N) is 4. The number of anilines is 1. The van der Waals surface area contributed by atoms with Gasteiger partial charge in [0.1, 0.15) is 11.9 Å². The first-order chi connectivity index (χ1) is 14.7. The molecule has 4 nitrogen and oxygen atoms in total. The summed E-state index contributed by atoms with van der Waals surface area (Å²) in [5.41, 5.74) is 5.87. The van der Waals surface area contributed by atoms with Crippen LogP contribution in [-0.4, -0.2) is 15.4 Å². The summed E-state index contributed by atoms with van der Waals surface area (Å²) in [6.07, 6.45) is 5.92.